The standard InChI is InChI=1S/C19H15N5O/c25-18(12-24-5-4-21-13-24)8-17-7-15-6-16(10-23-19(15)11-22-17)14-2-1-3-20-9-14/h1-7,9-11,13H,8,12H2. The maximum Gasteiger partial charge on any atom is 0.158 e. The predicted octanol–water partition coefficient (Wildman–Crippen LogP) is 2.70. The fraction of sp³-hybridized carbons (Fsp3) is 0.105. The van der Waals surface area contributed by atoms with E-state index in [1.165, 1.54) is 0 Å². The van der Waals surface area contributed by atoms with Gasteiger partial charge in [0, 0.05) is 53.2 Å². The highest BCUT2D eigenvalue weighted by Gasteiger charge is 2.08. The molecule has 4 aromatic rings. The van der Waals surface area contributed by atoms with Crippen molar-refractivity contribution in [3.8, 4) is 11.1 Å². The van der Waals surface area contributed by atoms with Crippen LogP contribution >= 0.6 is 0 Å². The van der Waals surface area contributed by atoms with Crippen LogP contribution in [0.1, 0.15) is 5.69 Å². The molecular weight excluding hydrogens is 314 g/mol. The van der Waals surface area contributed by atoms with Gasteiger partial charge in [0.15, 0.2) is 5.78 Å². The molecule has 0 aliphatic rings. The van der Waals surface area contributed by atoms with E-state index in [0.717, 1.165) is 27.7 Å². The Bertz CT molecular complexity index is 1010. The number of Topliss-reactive ketones (excluding diaryl/α,β-unsaturated/α-hetero) is 1. The van der Waals surface area contributed by atoms with Gasteiger partial charge in [0.05, 0.1) is 31.0 Å². The van der Waals surface area contributed by atoms with Crippen LogP contribution in [-0.2, 0) is 17.8 Å². The molecule has 4 heterocycles. The number of aromatic nitrogens is 5. The van der Waals surface area contributed by atoms with Gasteiger partial charge in [-0.3, -0.25) is 19.7 Å². The Hall–Kier alpha value is -3.41. The molecule has 0 fully saturated rings. The van der Waals surface area contributed by atoms with Crippen LogP contribution in [0.3, 0.4) is 0 Å². The Balaban J connectivity index is 1.59. The normalized spacial score (nSPS) is 10.9. The van der Waals surface area contributed by atoms with E-state index in [1.807, 2.05) is 30.5 Å². The maximum absolute atomic E-state index is 12.2. The van der Waals surface area contributed by atoms with E-state index in [1.54, 1.807) is 41.9 Å². The molecule has 0 atom stereocenters. The fourth-order valence-electron chi connectivity index (χ4n) is 2.71. The second kappa shape index (κ2) is 6.60. The number of rotatable bonds is 5. The molecule has 0 N–H and O–H groups in total. The summed E-state index contributed by atoms with van der Waals surface area (Å²) in [5.74, 6) is 0.0845. The first-order chi connectivity index (χ1) is 12.3. The molecule has 0 saturated carbocycles. The zero-order chi connectivity index (χ0) is 17.1. The van der Waals surface area contributed by atoms with E-state index in [2.05, 4.69) is 19.9 Å². The second-order valence-electron chi connectivity index (χ2n) is 5.78. The number of hydrogen-bond acceptors (Lipinski definition) is 5. The minimum absolute atomic E-state index is 0.0845. The van der Waals surface area contributed by atoms with Crippen LogP contribution in [0.25, 0.3) is 22.0 Å². The summed E-state index contributed by atoms with van der Waals surface area (Å²) in [7, 11) is 0. The van der Waals surface area contributed by atoms with Crippen LogP contribution in [0.5, 0.6) is 0 Å². The van der Waals surface area contributed by atoms with Crippen molar-refractivity contribution in [2.75, 3.05) is 0 Å². The number of carbonyl (C=O) groups excluding carboxylic acids is 1. The van der Waals surface area contributed by atoms with Gasteiger partial charge in [-0.1, -0.05) is 6.07 Å². The average molecular weight is 329 g/mol. The van der Waals surface area contributed by atoms with Gasteiger partial charge >= 0.3 is 0 Å². The van der Waals surface area contributed by atoms with E-state index in [-0.39, 0.29) is 12.2 Å². The van der Waals surface area contributed by atoms with Crippen molar-refractivity contribution in [3.05, 3.63) is 73.5 Å². The predicted molar refractivity (Wildman–Crippen MR) is 93.7 cm³/mol. The first-order valence-electron chi connectivity index (χ1n) is 7.90. The number of imidazole rings is 1. The molecule has 0 bridgehead atoms. The highest BCUT2D eigenvalue weighted by atomic mass is 16.1. The molecule has 0 aliphatic heterocycles. The van der Waals surface area contributed by atoms with Gasteiger partial charge in [0.25, 0.3) is 0 Å². The summed E-state index contributed by atoms with van der Waals surface area (Å²) < 4.78 is 1.76. The SMILES string of the molecule is O=C(Cc1cc2cc(-c3cccnc3)cnc2cn1)Cn1ccnc1. The van der Waals surface area contributed by atoms with Crippen molar-refractivity contribution >= 4 is 16.7 Å². The van der Waals surface area contributed by atoms with Gasteiger partial charge < -0.3 is 4.57 Å². The van der Waals surface area contributed by atoms with Gasteiger partial charge in [0.1, 0.15) is 0 Å². The minimum Gasteiger partial charge on any atom is -0.330 e. The monoisotopic (exact) mass is 329 g/mol. The lowest BCUT2D eigenvalue weighted by atomic mass is 10.1. The summed E-state index contributed by atoms with van der Waals surface area (Å²) in [5, 5.41) is 0.960. The number of fused-ring (bicyclic) bond motifs is 1. The average Bonchev–Trinajstić information content (AvgIpc) is 3.14. The lowest BCUT2D eigenvalue weighted by Gasteiger charge is -2.05. The van der Waals surface area contributed by atoms with Crippen LogP contribution in [-0.4, -0.2) is 30.3 Å². The van der Waals surface area contributed by atoms with E-state index < -0.39 is 0 Å². The molecule has 25 heavy (non-hydrogen) atoms. The van der Waals surface area contributed by atoms with Crippen molar-refractivity contribution in [1.29, 1.82) is 0 Å². The molecule has 0 aliphatic carbocycles. The lowest BCUT2D eigenvalue weighted by Crippen LogP contribution is -2.12. The molecule has 0 spiro atoms. The quantitative estimate of drug-likeness (QED) is 0.563. The van der Waals surface area contributed by atoms with Gasteiger partial charge in [-0.05, 0) is 18.2 Å². The van der Waals surface area contributed by atoms with Crippen molar-refractivity contribution < 1.29 is 4.79 Å². The molecule has 0 unspecified atom stereocenters. The van der Waals surface area contributed by atoms with E-state index >= 15 is 0 Å². The largest absolute Gasteiger partial charge is 0.330 e. The van der Waals surface area contributed by atoms with Crippen molar-refractivity contribution in [2.45, 2.75) is 13.0 Å². The van der Waals surface area contributed by atoms with Crippen LogP contribution in [0, 0.1) is 0 Å². The molecule has 0 aromatic carbocycles. The Morgan fingerprint density at radius 3 is 2.76 bits per heavy atom. The highest BCUT2D eigenvalue weighted by molar-refractivity contribution is 5.85. The van der Waals surface area contributed by atoms with Gasteiger partial charge in [-0.25, -0.2) is 4.98 Å². The number of nitrogens with zero attached hydrogens (tertiary/aromatic N) is 5. The first-order valence-corrected chi connectivity index (χ1v) is 7.90. The third-order valence-electron chi connectivity index (χ3n) is 3.92. The fourth-order valence-corrected chi connectivity index (χ4v) is 2.71. The Labute approximate surface area is 144 Å². The molecule has 6 heteroatoms. The maximum atomic E-state index is 12.2. The summed E-state index contributed by atoms with van der Waals surface area (Å²) in [6, 6.07) is 7.86. The number of ketones is 1. The Kier molecular flexibility index (Phi) is 4.00. The summed E-state index contributed by atoms with van der Waals surface area (Å²) >= 11 is 0. The molecule has 0 saturated heterocycles. The van der Waals surface area contributed by atoms with Crippen molar-refractivity contribution in [1.82, 2.24) is 24.5 Å². The number of carbonyl (C=O) groups is 1. The van der Waals surface area contributed by atoms with Gasteiger partial charge in [0.2, 0.25) is 0 Å². The zero-order valence-electron chi connectivity index (χ0n) is 13.4. The van der Waals surface area contributed by atoms with E-state index in [9.17, 15) is 4.79 Å². The summed E-state index contributed by atoms with van der Waals surface area (Å²) in [6.07, 6.45) is 12.4. The number of hydrogen-bond donors (Lipinski definition) is 0. The highest BCUT2D eigenvalue weighted by Crippen LogP contribution is 2.22. The number of pyridine rings is 3. The lowest BCUT2D eigenvalue weighted by molar-refractivity contribution is -0.119. The molecule has 0 radical (unpaired) electrons. The van der Waals surface area contributed by atoms with Crippen LogP contribution in [0.4, 0.5) is 0 Å². The second-order valence-corrected chi connectivity index (χ2v) is 5.78. The van der Waals surface area contributed by atoms with Crippen molar-refractivity contribution in [3.63, 3.8) is 0 Å². The van der Waals surface area contributed by atoms with E-state index in [0.29, 0.717) is 6.54 Å². The first kappa shape index (κ1) is 15.1. The van der Waals surface area contributed by atoms with Crippen LogP contribution < -0.4 is 0 Å². The molecule has 122 valence electrons. The Morgan fingerprint density at radius 2 is 1.96 bits per heavy atom. The smallest absolute Gasteiger partial charge is 0.158 e. The van der Waals surface area contributed by atoms with Gasteiger partial charge in [-0.2, -0.15) is 0 Å². The zero-order valence-corrected chi connectivity index (χ0v) is 13.4. The molecule has 4 rings (SSSR count). The summed E-state index contributed by atoms with van der Waals surface area (Å²) in [4.78, 5) is 29.1. The summed E-state index contributed by atoms with van der Waals surface area (Å²) in [6.45, 7) is 0.299. The third-order valence-corrected chi connectivity index (χ3v) is 3.92. The van der Waals surface area contributed by atoms with Crippen LogP contribution in [0.2, 0.25) is 0 Å². The Morgan fingerprint density at radius 1 is 1.00 bits per heavy atom. The molecular formula is C19H15N5O. The third kappa shape index (κ3) is 3.42. The molecule has 4 aromatic heterocycles. The topological polar surface area (TPSA) is 73.6 Å². The van der Waals surface area contributed by atoms with Gasteiger partial charge in [-0.15, -0.1) is 0 Å². The minimum atomic E-state index is 0.0845. The van der Waals surface area contributed by atoms with E-state index in [4.69, 9.17) is 0 Å². The summed E-state index contributed by atoms with van der Waals surface area (Å²) in [5.41, 5.74) is 3.54. The molecule has 6 nitrogen and oxygen atoms in total. The van der Waals surface area contributed by atoms with Crippen molar-refractivity contribution in [2.24, 2.45) is 0 Å². The molecule has 0 amide bonds. The van der Waals surface area contributed by atoms with Crippen LogP contribution in [0.15, 0.2) is 67.8 Å².